The fourth-order valence-electron chi connectivity index (χ4n) is 2.27. The van der Waals surface area contributed by atoms with E-state index in [1.165, 1.54) is 11.3 Å². The van der Waals surface area contributed by atoms with Gasteiger partial charge in [-0.25, -0.2) is 4.98 Å². The van der Waals surface area contributed by atoms with E-state index in [1.807, 2.05) is 17.5 Å². The number of amides is 1. The minimum Gasteiger partial charge on any atom is -0.317 e. The van der Waals surface area contributed by atoms with Crippen molar-refractivity contribution in [1.29, 1.82) is 0 Å². The fraction of sp³-hybridized carbons (Fsp3) is 0.357. The number of pyridine rings is 1. The highest BCUT2D eigenvalue weighted by atomic mass is 32.1. The second-order valence-electron chi connectivity index (χ2n) is 4.79. The van der Waals surface area contributed by atoms with Crippen LogP contribution in [0.4, 0.5) is 5.13 Å². The number of nitrogens with zero attached hydrogens (tertiary/aromatic N) is 2. The van der Waals surface area contributed by atoms with Gasteiger partial charge in [0.2, 0.25) is 5.91 Å². The summed E-state index contributed by atoms with van der Waals surface area (Å²) in [6, 6.07) is 3.84. The van der Waals surface area contributed by atoms with Crippen LogP contribution in [0.5, 0.6) is 0 Å². The quantitative estimate of drug-likeness (QED) is 0.908. The van der Waals surface area contributed by atoms with Crippen LogP contribution in [0, 0.1) is 5.92 Å². The summed E-state index contributed by atoms with van der Waals surface area (Å²) < 4.78 is 0. The number of thiazole rings is 1. The first-order valence-electron chi connectivity index (χ1n) is 6.70. The molecule has 2 aromatic rings. The molecular formula is C14H16N4OS. The molecule has 0 atom stereocenters. The number of anilines is 1. The van der Waals surface area contributed by atoms with Crippen LogP contribution in [0.2, 0.25) is 0 Å². The Bertz CT molecular complexity index is 578. The lowest BCUT2D eigenvalue weighted by Gasteiger charge is -2.20. The third-order valence-electron chi connectivity index (χ3n) is 3.40. The second-order valence-corrected chi connectivity index (χ2v) is 5.65. The number of carbonyl (C=O) groups is 1. The van der Waals surface area contributed by atoms with Gasteiger partial charge >= 0.3 is 0 Å². The van der Waals surface area contributed by atoms with Gasteiger partial charge in [-0.3, -0.25) is 9.78 Å². The Morgan fingerprint density at radius 3 is 3.00 bits per heavy atom. The van der Waals surface area contributed by atoms with Gasteiger partial charge in [-0.05, 0) is 38.1 Å². The van der Waals surface area contributed by atoms with Crippen molar-refractivity contribution in [3.63, 3.8) is 0 Å². The minimum absolute atomic E-state index is 0.0820. The summed E-state index contributed by atoms with van der Waals surface area (Å²) in [6.07, 6.45) is 5.29. The van der Waals surface area contributed by atoms with Gasteiger partial charge in [-0.1, -0.05) is 0 Å². The average Bonchev–Trinajstić information content (AvgIpc) is 2.97. The van der Waals surface area contributed by atoms with E-state index in [4.69, 9.17) is 0 Å². The smallest absolute Gasteiger partial charge is 0.229 e. The highest BCUT2D eigenvalue weighted by Crippen LogP contribution is 2.25. The third-order valence-corrected chi connectivity index (χ3v) is 4.16. The average molecular weight is 288 g/mol. The summed E-state index contributed by atoms with van der Waals surface area (Å²) in [6.45, 7) is 1.83. The Morgan fingerprint density at radius 1 is 1.40 bits per heavy atom. The summed E-state index contributed by atoms with van der Waals surface area (Å²) in [5.74, 6) is 0.181. The van der Waals surface area contributed by atoms with Crippen LogP contribution in [0.25, 0.3) is 11.3 Å². The van der Waals surface area contributed by atoms with Gasteiger partial charge in [0.25, 0.3) is 0 Å². The Labute approximate surface area is 121 Å². The van der Waals surface area contributed by atoms with Crippen molar-refractivity contribution >= 4 is 22.4 Å². The number of nitrogens with one attached hydrogen (secondary N) is 2. The van der Waals surface area contributed by atoms with Crippen LogP contribution >= 0.6 is 11.3 Å². The summed E-state index contributed by atoms with van der Waals surface area (Å²) in [4.78, 5) is 20.6. The van der Waals surface area contributed by atoms with Crippen LogP contribution in [-0.2, 0) is 4.79 Å². The molecule has 1 fully saturated rings. The maximum absolute atomic E-state index is 12.1. The van der Waals surface area contributed by atoms with Gasteiger partial charge < -0.3 is 10.6 Å². The van der Waals surface area contributed by atoms with Gasteiger partial charge in [0.15, 0.2) is 5.13 Å². The lowest BCUT2D eigenvalue weighted by atomic mass is 9.97. The molecule has 0 unspecified atom stereocenters. The zero-order valence-corrected chi connectivity index (χ0v) is 11.8. The molecule has 0 spiro atoms. The molecule has 0 aliphatic carbocycles. The lowest BCUT2D eigenvalue weighted by molar-refractivity contribution is -0.120. The first-order valence-corrected chi connectivity index (χ1v) is 7.58. The predicted molar refractivity (Wildman–Crippen MR) is 79.6 cm³/mol. The molecule has 1 aliphatic rings. The lowest BCUT2D eigenvalue weighted by Crippen LogP contribution is -2.34. The Balaban J connectivity index is 1.66. The van der Waals surface area contributed by atoms with Gasteiger partial charge in [-0.2, -0.15) is 0 Å². The zero-order valence-electron chi connectivity index (χ0n) is 11.0. The summed E-state index contributed by atoms with van der Waals surface area (Å²) in [5.41, 5.74) is 1.81. The number of hydrogen-bond donors (Lipinski definition) is 2. The topological polar surface area (TPSA) is 66.9 Å². The molecule has 2 aromatic heterocycles. The van der Waals surface area contributed by atoms with E-state index in [2.05, 4.69) is 20.6 Å². The normalized spacial score (nSPS) is 16.0. The van der Waals surface area contributed by atoms with Gasteiger partial charge in [0, 0.05) is 29.3 Å². The van der Waals surface area contributed by atoms with Crippen LogP contribution in [0.3, 0.4) is 0 Å². The van der Waals surface area contributed by atoms with E-state index in [-0.39, 0.29) is 11.8 Å². The molecule has 0 saturated carbocycles. The zero-order chi connectivity index (χ0) is 13.8. The molecule has 0 aromatic carbocycles. The van der Waals surface area contributed by atoms with E-state index in [1.54, 1.807) is 12.4 Å². The minimum atomic E-state index is 0.0820. The van der Waals surface area contributed by atoms with Crippen molar-refractivity contribution in [2.24, 2.45) is 5.92 Å². The van der Waals surface area contributed by atoms with Gasteiger partial charge in [-0.15, -0.1) is 11.3 Å². The maximum Gasteiger partial charge on any atom is 0.229 e. The van der Waals surface area contributed by atoms with Crippen molar-refractivity contribution in [3.05, 3.63) is 29.9 Å². The number of rotatable bonds is 3. The number of hydrogen-bond acceptors (Lipinski definition) is 5. The molecule has 3 heterocycles. The standard InChI is InChI=1S/C14H16N4OS/c19-13(10-3-6-15-7-4-10)18-14-17-12(9-20-14)11-2-1-5-16-8-11/h1-2,5,8-10,15H,3-4,6-7H2,(H,17,18,19). The highest BCUT2D eigenvalue weighted by Gasteiger charge is 2.21. The molecule has 3 rings (SSSR count). The number of carbonyl (C=O) groups excluding carboxylic acids is 1. The van der Waals surface area contributed by atoms with E-state index in [0.717, 1.165) is 37.2 Å². The van der Waals surface area contributed by atoms with Crippen LogP contribution in [-0.4, -0.2) is 29.0 Å². The number of aromatic nitrogens is 2. The van der Waals surface area contributed by atoms with Crippen molar-refractivity contribution in [2.45, 2.75) is 12.8 Å². The van der Waals surface area contributed by atoms with Crippen LogP contribution in [0.15, 0.2) is 29.9 Å². The van der Waals surface area contributed by atoms with Crippen molar-refractivity contribution < 1.29 is 4.79 Å². The summed E-state index contributed by atoms with van der Waals surface area (Å²) in [5, 5.41) is 8.78. The Hall–Kier alpha value is -1.79. The molecular weight excluding hydrogens is 272 g/mol. The molecule has 0 radical (unpaired) electrons. The van der Waals surface area contributed by atoms with E-state index in [0.29, 0.717) is 5.13 Å². The first-order chi connectivity index (χ1) is 9.83. The monoisotopic (exact) mass is 288 g/mol. The van der Waals surface area contributed by atoms with Crippen LogP contribution < -0.4 is 10.6 Å². The fourth-order valence-corrected chi connectivity index (χ4v) is 2.99. The molecule has 1 amide bonds. The molecule has 6 heteroatoms. The summed E-state index contributed by atoms with van der Waals surface area (Å²) in [7, 11) is 0. The first kappa shape index (κ1) is 13.2. The SMILES string of the molecule is O=C(Nc1nc(-c2cccnc2)cs1)C1CCNCC1. The molecule has 0 bridgehead atoms. The van der Waals surface area contributed by atoms with Crippen LogP contribution in [0.1, 0.15) is 12.8 Å². The van der Waals surface area contributed by atoms with Crippen molar-refractivity contribution in [2.75, 3.05) is 18.4 Å². The van der Waals surface area contributed by atoms with Crippen molar-refractivity contribution in [1.82, 2.24) is 15.3 Å². The maximum atomic E-state index is 12.1. The van der Waals surface area contributed by atoms with Gasteiger partial charge in [0.05, 0.1) is 5.69 Å². The van der Waals surface area contributed by atoms with Crippen molar-refractivity contribution in [3.8, 4) is 11.3 Å². The second kappa shape index (κ2) is 6.11. The summed E-state index contributed by atoms with van der Waals surface area (Å²) >= 11 is 1.45. The molecule has 104 valence electrons. The Morgan fingerprint density at radius 2 is 2.25 bits per heavy atom. The third kappa shape index (κ3) is 3.02. The van der Waals surface area contributed by atoms with E-state index < -0.39 is 0 Å². The molecule has 2 N–H and O–H groups in total. The molecule has 20 heavy (non-hydrogen) atoms. The Kier molecular flexibility index (Phi) is 4.03. The molecule has 1 aliphatic heterocycles. The van der Waals surface area contributed by atoms with E-state index >= 15 is 0 Å². The largest absolute Gasteiger partial charge is 0.317 e. The predicted octanol–water partition coefficient (Wildman–Crippen LogP) is 2.14. The highest BCUT2D eigenvalue weighted by molar-refractivity contribution is 7.14. The molecule has 1 saturated heterocycles. The van der Waals surface area contributed by atoms with Gasteiger partial charge in [0.1, 0.15) is 0 Å². The van der Waals surface area contributed by atoms with E-state index in [9.17, 15) is 4.79 Å². The number of piperidine rings is 1. The molecule has 5 nitrogen and oxygen atoms in total.